The van der Waals surface area contributed by atoms with Crippen molar-refractivity contribution in [3.63, 3.8) is 0 Å². The van der Waals surface area contributed by atoms with Crippen LogP contribution in [0.1, 0.15) is 13.8 Å². The van der Waals surface area contributed by atoms with Crippen molar-refractivity contribution in [2.45, 2.75) is 24.0 Å². The molecule has 16 heavy (non-hydrogen) atoms. The number of benzene rings is 1. The quantitative estimate of drug-likeness (QED) is 0.473. The fourth-order valence-corrected chi connectivity index (χ4v) is 2.30. The Balaban J connectivity index is 3.39. The van der Waals surface area contributed by atoms with Crippen LogP contribution in [0.15, 0.2) is 28.2 Å². The number of halogens is 1. The lowest BCUT2D eigenvalue weighted by Crippen LogP contribution is -2.13. The first-order valence-corrected chi connectivity index (χ1v) is 6.40. The van der Waals surface area contributed by atoms with Gasteiger partial charge in [-0.25, -0.2) is 8.42 Å². The molecule has 0 radical (unpaired) electrons. The van der Waals surface area contributed by atoms with Gasteiger partial charge in [0.25, 0.3) is 0 Å². The van der Waals surface area contributed by atoms with Gasteiger partial charge in [-0.15, -0.1) is 0 Å². The Hall–Kier alpha value is -1.23. The Morgan fingerprint density at radius 3 is 2.56 bits per heavy atom. The molecule has 0 aliphatic rings. The second kappa shape index (κ2) is 4.74. The van der Waals surface area contributed by atoms with Crippen LogP contribution in [-0.2, 0) is 9.84 Å². The maximum atomic E-state index is 11.8. The highest BCUT2D eigenvalue weighted by Gasteiger charge is 2.19. The van der Waals surface area contributed by atoms with Gasteiger partial charge < -0.3 is 0 Å². The van der Waals surface area contributed by atoms with Crippen molar-refractivity contribution in [3.05, 3.63) is 33.7 Å². The monoisotopic (exact) mass is 259 g/mol. The molecule has 0 aromatic heterocycles. The number of azide groups is 1. The zero-order valence-corrected chi connectivity index (χ0v) is 10.3. The van der Waals surface area contributed by atoms with Gasteiger partial charge in [-0.05, 0) is 37.6 Å². The van der Waals surface area contributed by atoms with Crippen molar-refractivity contribution < 1.29 is 8.42 Å². The summed E-state index contributed by atoms with van der Waals surface area (Å²) in [7, 11) is -3.38. The van der Waals surface area contributed by atoms with Crippen molar-refractivity contribution in [2.24, 2.45) is 5.11 Å². The highest BCUT2D eigenvalue weighted by molar-refractivity contribution is 7.92. The molecule has 5 nitrogen and oxygen atoms in total. The van der Waals surface area contributed by atoms with E-state index in [1.54, 1.807) is 13.8 Å². The average molecular weight is 260 g/mol. The van der Waals surface area contributed by atoms with Gasteiger partial charge in [0.1, 0.15) is 0 Å². The number of hydrogen-bond donors (Lipinski definition) is 0. The van der Waals surface area contributed by atoms with Gasteiger partial charge in [0.15, 0.2) is 9.84 Å². The largest absolute Gasteiger partial charge is 0.223 e. The SMILES string of the molecule is CC(C)S(=O)(=O)c1ccc(Cl)c(N=[N+]=[N-])c1. The normalized spacial score (nSPS) is 11.2. The molecule has 0 heterocycles. The molecule has 0 aliphatic heterocycles. The van der Waals surface area contributed by atoms with Crippen LogP contribution in [0.4, 0.5) is 5.69 Å². The molecule has 0 saturated heterocycles. The number of sulfone groups is 1. The smallest absolute Gasteiger partial charge is 0.180 e. The third-order valence-corrected chi connectivity index (χ3v) is 4.49. The Bertz CT molecular complexity index is 548. The predicted octanol–water partition coefficient (Wildman–Crippen LogP) is 3.46. The van der Waals surface area contributed by atoms with Gasteiger partial charge in [0.05, 0.1) is 20.9 Å². The standard InChI is InChI=1S/C9H10ClN3O2S/c1-6(2)16(14,15)7-3-4-8(10)9(5-7)12-13-11/h3-6H,1-2H3. The second-order valence-corrected chi connectivity index (χ2v) is 6.31. The van der Waals surface area contributed by atoms with Crippen LogP contribution in [0.2, 0.25) is 5.02 Å². The van der Waals surface area contributed by atoms with E-state index in [4.69, 9.17) is 17.1 Å². The van der Waals surface area contributed by atoms with Crippen LogP contribution in [0.3, 0.4) is 0 Å². The Kier molecular flexibility index (Phi) is 3.80. The van der Waals surface area contributed by atoms with E-state index in [2.05, 4.69) is 10.0 Å². The minimum absolute atomic E-state index is 0.106. The zero-order chi connectivity index (χ0) is 12.3. The fraction of sp³-hybridized carbons (Fsp3) is 0.333. The summed E-state index contributed by atoms with van der Waals surface area (Å²) in [6, 6.07) is 4.08. The lowest BCUT2D eigenvalue weighted by molar-refractivity contribution is 0.587. The zero-order valence-electron chi connectivity index (χ0n) is 8.75. The maximum Gasteiger partial charge on any atom is 0.180 e. The molecule has 0 spiro atoms. The van der Waals surface area contributed by atoms with E-state index in [0.717, 1.165) is 0 Å². The molecule has 0 fully saturated rings. The molecule has 0 saturated carbocycles. The first-order chi connectivity index (χ1) is 7.39. The molecule has 0 atom stereocenters. The van der Waals surface area contributed by atoms with E-state index in [9.17, 15) is 8.42 Å². The van der Waals surface area contributed by atoms with Gasteiger partial charge in [-0.1, -0.05) is 16.7 Å². The Morgan fingerprint density at radius 2 is 2.06 bits per heavy atom. The predicted molar refractivity (Wildman–Crippen MR) is 62.6 cm³/mol. The van der Waals surface area contributed by atoms with E-state index in [-0.39, 0.29) is 15.6 Å². The molecule has 86 valence electrons. The van der Waals surface area contributed by atoms with Crippen LogP contribution in [0.5, 0.6) is 0 Å². The van der Waals surface area contributed by atoms with E-state index in [1.807, 2.05) is 0 Å². The van der Waals surface area contributed by atoms with Crippen molar-refractivity contribution >= 4 is 27.1 Å². The summed E-state index contributed by atoms with van der Waals surface area (Å²) in [5.74, 6) is 0. The summed E-state index contributed by atoms with van der Waals surface area (Å²) in [4.78, 5) is 2.69. The summed E-state index contributed by atoms with van der Waals surface area (Å²) < 4.78 is 23.6. The molecule has 0 N–H and O–H groups in total. The molecule has 0 amide bonds. The minimum Gasteiger partial charge on any atom is -0.223 e. The van der Waals surface area contributed by atoms with Crippen molar-refractivity contribution in [1.82, 2.24) is 0 Å². The maximum absolute atomic E-state index is 11.8. The highest BCUT2D eigenvalue weighted by Crippen LogP contribution is 2.29. The van der Waals surface area contributed by atoms with Gasteiger partial charge >= 0.3 is 0 Å². The van der Waals surface area contributed by atoms with Gasteiger partial charge in [0.2, 0.25) is 0 Å². The molecular weight excluding hydrogens is 250 g/mol. The molecule has 0 unspecified atom stereocenters. The van der Waals surface area contributed by atoms with E-state index in [1.165, 1.54) is 18.2 Å². The van der Waals surface area contributed by atoms with Gasteiger partial charge in [0, 0.05) is 4.91 Å². The first kappa shape index (κ1) is 12.8. The van der Waals surface area contributed by atoms with Crippen molar-refractivity contribution in [1.29, 1.82) is 0 Å². The topological polar surface area (TPSA) is 82.9 Å². The van der Waals surface area contributed by atoms with Crippen LogP contribution >= 0.6 is 11.6 Å². The summed E-state index contributed by atoms with van der Waals surface area (Å²) in [6.45, 7) is 3.16. The summed E-state index contributed by atoms with van der Waals surface area (Å²) in [5.41, 5.74) is 8.41. The highest BCUT2D eigenvalue weighted by atomic mass is 35.5. The summed E-state index contributed by atoms with van der Waals surface area (Å²) in [5, 5.41) is 3.01. The van der Waals surface area contributed by atoms with Gasteiger partial charge in [-0.3, -0.25) is 0 Å². The van der Waals surface area contributed by atoms with E-state index >= 15 is 0 Å². The van der Waals surface area contributed by atoms with Crippen molar-refractivity contribution in [2.75, 3.05) is 0 Å². The third-order valence-electron chi connectivity index (χ3n) is 2.02. The lowest BCUT2D eigenvalue weighted by atomic mass is 10.3. The van der Waals surface area contributed by atoms with Crippen LogP contribution < -0.4 is 0 Å². The second-order valence-electron chi connectivity index (χ2n) is 3.40. The van der Waals surface area contributed by atoms with E-state index < -0.39 is 15.1 Å². The molecular formula is C9H10ClN3O2S. The fourth-order valence-electron chi connectivity index (χ4n) is 1.07. The average Bonchev–Trinajstić information content (AvgIpc) is 2.21. The molecule has 1 aromatic rings. The molecule has 0 aliphatic carbocycles. The molecule has 7 heteroatoms. The number of hydrogen-bond acceptors (Lipinski definition) is 3. The molecule has 1 aromatic carbocycles. The number of nitrogens with zero attached hydrogens (tertiary/aromatic N) is 3. The first-order valence-electron chi connectivity index (χ1n) is 4.48. The van der Waals surface area contributed by atoms with Crippen LogP contribution in [0, 0.1) is 0 Å². The van der Waals surface area contributed by atoms with Crippen LogP contribution in [0.25, 0.3) is 10.4 Å². The van der Waals surface area contributed by atoms with E-state index in [0.29, 0.717) is 0 Å². The van der Waals surface area contributed by atoms with Crippen LogP contribution in [-0.4, -0.2) is 13.7 Å². The third kappa shape index (κ3) is 2.47. The number of rotatable bonds is 3. The lowest BCUT2D eigenvalue weighted by Gasteiger charge is -2.08. The Morgan fingerprint density at radius 1 is 1.44 bits per heavy atom. The van der Waals surface area contributed by atoms with Gasteiger partial charge in [-0.2, -0.15) is 0 Å². The summed E-state index contributed by atoms with van der Waals surface area (Å²) >= 11 is 5.74. The summed E-state index contributed by atoms with van der Waals surface area (Å²) in [6.07, 6.45) is 0. The van der Waals surface area contributed by atoms with Crippen molar-refractivity contribution in [3.8, 4) is 0 Å². The minimum atomic E-state index is -3.38. The Labute approximate surface area is 98.6 Å². The molecule has 0 bridgehead atoms. The molecule has 1 rings (SSSR count).